The van der Waals surface area contributed by atoms with E-state index in [2.05, 4.69) is 9.72 Å². The van der Waals surface area contributed by atoms with Crippen LogP contribution in [0.15, 0.2) is 60.8 Å². The first-order valence-electron chi connectivity index (χ1n) is 11.4. The Morgan fingerprint density at radius 2 is 1.50 bits per heavy atom. The number of hydrogen-bond donors (Lipinski definition) is 0. The van der Waals surface area contributed by atoms with E-state index in [4.69, 9.17) is 4.74 Å². The molecule has 1 aromatic heterocycles. The van der Waals surface area contributed by atoms with Crippen LogP contribution in [-0.4, -0.2) is 18.7 Å². The number of halogens is 5. The standard InChI is InChI=1S/C28H24F5NO2/c1-35-16-19-4-10-22(34-15-19)9-3-17-5-11-23-21(12-17)8-7-20(26(23)31)6-2-18-13-24(29)27(25(30)14-18)36-28(32)33/h4-5,7-8,10-15,28H,2-3,6,9,16H2,1H3. The number of nitrogens with zero attached hydrogens (tertiary/aromatic N) is 1. The third kappa shape index (κ3) is 6.18. The normalized spacial score (nSPS) is 11.4. The molecule has 0 fully saturated rings. The first kappa shape index (κ1) is 25.6. The van der Waals surface area contributed by atoms with Crippen LogP contribution >= 0.6 is 0 Å². The fourth-order valence-corrected chi connectivity index (χ4v) is 4.10. The molecule has 0 unspecified atom stereocenters. The zero-order valence-electron chi connectivity index (χ0n) is 19.5. The molecule has 8 heteroatoms. The molecule has 188 valence electrons. The molecule has 0 amide bonds. The van der Waals surface area contributed by atoms with Gasteiger partial charge >= 0.3 is 6.61 Å². The number of methoxy groups -OCH3 is 1. The zero-order chi connectivity index (χ0) is 25.7. The van der Waals surface area contributed by atoms with Gasteiger partial charge in [0.25, 0.3) is 0 Å². The van der Waals surface area contributed by atoms with Crippen LogP contribution < -0.4 is 4.74 Å². The van der Waals surface area contributed by atoms with Crippen molar-refractivity contribution in [1.82, 2.24) is 4.98 Å². The topological polar surface area (TPSA) is 31.4 Å². The lowest BCUT2D eigenvalue weighted by molar-refractivity contribution is -0.0546. The molecule has 0 aliphatic rings. The van der Waals surface area contributed by atoms with Gasteiger partial charge in [0.2, 0.25) is 0 Å². The second-order valence-electron chi connectivity index (χ2n) is 8.45. The molecule has 3 aromatic carbocycles. The Labute approximate surface area is 205 Å². The van der Waals surface area contributed by atoms with Crippen LogP contribution in [0.3, 0.4) is 0 Å². The fraction of sp³-hybridized carbons (Fsp3) is 0.250. The van der Waals surface area contributed by atoms with Gasteiger partial charge in [0.05, 0.1) is 6.61 Å². The maximum atomic E-state index is 15.1. The van der Waals surface area contributed by atoms with Gasteiger partial charge in [-0.15, -0.1) is 0 Å². The van der Waals surface area contributed by atoms with Gasteiger partial charge in [0, 0.05) is 24.4 Å². The van der Waals surface area contributed by atoms with Gasteiger partial charge in [-0.1, -0.05) is 36.4 Å². The number of alkyl halides is 2. The predicted molar refractivity (Wildman–Crippen MR) is 127 cm³/mol. The van der Waals surface area contributed by atoms with Crippen LogP contribution in [0, 0.1) is 17.5 Å². The first-order chi connectivity index (χ1) is 17.3. The quantitative estimate of drug-likeness (QED) is 0.220. The average Bonchev–Trinajstić information content (AvgIpc) is 2.85. The average molecular weight is 501 g/mol. The lowest BCUT2D eigenvalue weighted by atomic mass is 9.97. The van der Waals surface area contributed by atoms with E-state index in [1.165, 1.54) is 0 Å². The Bertz CT molecular complexity index is 1320. The summed E-state index contributed by atoms with van der Waals surface area (Å²) in [5.41, 5.74) is 3.62. The smallest absolute Gasteiger partial charge is 0.387 e. The molecule has 0 bridgehead atoms. The van der Waals surface area contributed by atoms with E-state index in [0.717, 1.165) is 47.2 Å². The number of aryl methyl sites for hydroxylation is 4. The monoisotopic (exact) mass is 501 g/mol. The van der Waals surface area contributed by atoms with E-state index in [-0.39, 0.29) is 18.4 Å². The van der Waals surface area contributed by atoms with Gasteiger partial charge in [-0.05, 0) is 71.5 Å². The maximum Gasteiger partial charge on any atom is 0.387 e. The van der Waals surface area contributed by atoms with Crippen LogP contribution in [0.1, 0.15) is 27.9 Å². The Morgan fingerprint density at radius 1 is 0.778 bits per heavy atom. The van der Waals surface area contributed by atoms with Crippen molar-refractivity contribution in [2.45, 2.75) is 38.9 Å². The van der Waals surface area contributed by atoms with Gasteiger partial charge in [0.15, 0.2) is 17.4 Å². The van der Waals surface area contributed by atoms with Gasteiger partial charge in [-0.3, -0.25) is 4.98 Å². The molecule has 0 aliphatic carbocycles. The van der Waals surface area contributed by atoms with Gasteiger partial charge in [-0.25, -0.2) is 13.2 Å². The predicted octanol–water partition coefficient (Wildman–Crippen LogP) is 6.97. The molecule has 0 saturated heterocycles. The van der Waals surface area contributed by atoms with E-state index in [1.807, 2.05) is 30.3 Å². The minimum atomic E-state index is -3.34. The molecule has 0 N–H and O–H groups in total. The minimum absolute atomic E-state index is 0.124. The SMILES string of the molecule is COCc1ccc(CCc2ccc3c(F)c(CCc4cc(F)c(OC(F)F)c(F)c4)ccc3c2)nc1. The molecule has 0 aliphatic heterocycles. The van der Waals surface area contributed by atoms with Gasteiger partial charge in [-0.2, -0.15) is 8.78 Å². The van der Waals surface area contributed by atoms with E-state index in [0.29, 0.717) is 17.6 Å². The highest BCUT2D eigenvalue weighted by molar-refractivity contribution is 5.84. The highest BCUT2D eigenvalue weighted by Gasteiger charge is 2.17. The fourth-order valence-electron chi connectivity index (χ4n) is 4.10. The van der Waals surface area contributed by atoms with Gasteiger partial charge < -0.3 is 9.47 Å². The molecule has 4 aromatic rings. The van der Waals surface area contributed by atoms with Crippen molar-refractivity contribution in [2.75, 3.05) is 7.11 Å². The molecule has 0 spiro atoms. The van der Waals surface area contributed by atoms with Crippen LogP contribution in [0.5, 0.6) is 5.75 Å². The van der Waals surface area contributed by atoms with E-state index >= 15 is 4.39 Å². The van der Waals surface area contributed by atoms with Crippen molar-refractivity contribution in [3.05, 3.63) is 106 Å². The van der Waals surface area contributed by atoms with E-state index in [1.54, 1.807) is 25.4 Å². The van der Waals surface area contributed by atoms with Crippen LogP contribution in [-0.2, 0) is 37.0 Å². The number of ether oxygens (including phenoxy) is 2. The summed E-state index contributed by atoms with van der Waals surface area (Å²) in [7, 11) is 1.64. The minimum Gasteiger partial charge on any atom is -0.429 e. The Balaban J connectivity index is 1.43. The molecule has 0 saturated carbocycles. The largest absolute Gasteiger partial charge is 0.429 e. The number of fused-ring (bicyclic) bond motifs is 1. The highest BCUT2D eigenvalue weighted by Crippen LogP contribution is 2.27. The number of hydrogen-bond acceptors (Lipinski definition) is 3. The number of aromatic nitrogens is 1. The van der Waals surface area contributed by atoms with E-state index < -0.39 is 29.8 Å². The van der Waals surface area contributed by atoms with Crippen LogP contribution in [0.2, 0.25) is 0 Å². The maximum absolute atomic E-state index is 15.1. The summed E-state index contributed by atoms with van der Waals surface area (Å²) in [4.78, 5) is 4.45. The Morgan fingerprint density at radius 3 is 2.17 bits per heavy atom. The third-order valence-corrected chi connectivity index (χ3v) is 5.91. The molecule has 1 heterocycles. The summed E-state index contributed by atoms with van der Waals surface area (Å²) in [5, 5.41) is 1.21. The molecule has 0 atom stereocenters. The summed E-state index contributed by atoms with van der Waals surface area (Å²) >= 11 is 0. The van der Waals surface area contributed by atoms with Crippen LogP contribution in [0.25, 0.3) is 10.8 Å². The third-order valence-electron chi connectivity index (χ3n) is 5.91. The van der Waals surface area contributed by atoms with Crippen molar-refractivity contribution >= 4 is 10.8 Å². The lowest BCUT2D eigenvalue weighted by Gasteiger charge is -2.11. The molecule has 0 radical (unpaired) electrons. The second-order valence-corrected chi connectivity index (χ2v) is 8.45. The summed E-state index contributed by atoms with van der Waals surface area (Å²) in [6.07, 6.45) is 3.60. The number of benzene rings is 3. The molecule has 3 nitrogen and oxygen atoms in total. The lowest BCUT2D eigenvalue weighted by Crippen LogP contribution is -2.06. The summed E-state index contributed by atoms with van der Waals surface area (Å²) in [5.74, 6) is -3.97. The molecule has 4 rings (SSSR count). The van der Waals surface area contributed by atoms with Crippen molar-refractivity contribution in [3.8, 4) is 5.75 Å². The van der Waals surface area contributed by atoms with Crippen molar-refractivity contribution in [3.63, 3.8) is 0 Å². The van der Waals surface area contributed by atoms with Gasteiger partial charge in [0.1, 0.15) is 5.82 Å². The van der Waals surface area contributed by atoms with E-state index in [9.17, 15) is 17.6 Å². The molecule has 36 heavy (non-hydrogen) atoms. The second kappa shape index (κ2) is 11.5. The zero-order valence-corrected chi connectivity index (χ0v) is 19.5. The Hall–Kier alpha value is -3.52. The van der Waals surface area contributed by atoms with Crippen molar-refractivity contribution in [2.24, 2.45) is 0 Å². The summed E-state index contributed by atoms with van der Waals surface area (Å²) < 4.78 is 76.6. The summed E-state index contributed by atoms with van der Waals surface area (Å²) in [6, 6.07) is 14.8. The molecular formula is C28H24F5NO2. The van der Waals surface area contributed by atoms with Crippen molar-refractivity contribution < 1.29 is 31.4 Å². The Kier molecular flexibility index (Phi) is 8.15. The first-order valence-corrected chi connectivity index (χ1v) is 11.4. The number of rotatable bonds is 10. The number of pyridine rings is 1. The highest BCUT2D eigenvalue weighted by atomic mass is 19.3. The van der Waals surface area contributed by atoms with Crippen LogP contribution in [0.4, 0.5) is 22.0 Å². The summed E-state index contributed by atoms with van der Waals surface area (Å²) in [6.45, 7) is -2.82. The molecular weight excluding hydrogens is 477 g/mol. The van der Waals surface area contributed by atoms with Crippen molar-refractivity contribution in [1.29, 1.82) is 0 Å².